The molecule has 2 fully saturated rings. The predicted molar refractivity (Wildman–Crippen MR) is 97.5 cm³/mol. The first-order chi connectivity index (χ1) is 12.6. The smallest absolute Gasteiger partial charge is 0.203 e. The summed E-state index contributed by atoms with van der Waals surface area (Å²) in [6.07, 6.45) is 4.68. The number of hydrogen-bond acceptors (Lipinski definition) is 6. The number of ether oxygens (including phenoxy) is 3. The molecular formula is C20H28N2O4. The fourth-order valence-electron chi connectivity index (χ4n) is 4.73. The van der Waals surface area contributed by atoms with Crippen molar-refractivity contribution in [1.82, 2.24) is 4.90 Å². The van der Waals surface area contributed by atoms with E-state index in [1.807, 2.05) is 12.1 Å². The van der Waals surface area contributed by atoms with E-state index in [2.05, 4.69) is 11.0 Å². The monoisotopic (exact) mass is 360 g/mol. The van der Waals surface area contributed by atoms with E-state index in [0.29, 0.717) is 30.3 Å². The fraction of sp³-hybridized carbons (Fsp3) is 0.650. The Morgan fingerprint density at radius 3 is 2.42 bits per heavy atom. The van der Waals surface area contributed by atoms with E-state index >= 15 is 0 Å². The van der Waals surface area contributed by atoms with Gasteiger partial charge >= 0.3 is 0 Å². The normalized spacial score (nSPS) is 28.7. The summed E-state index contributed by atoms with van der Waals surface area (Å²) >= 11 is 0. The zero-order valence-electron chi connectivity index (χ0n) is 15.8. The molecule has 0 radical (unpaired) electrons. The van der Waals surface area contributed by atoms with Gasteiger partial charge in [-0.25, -0.2) is 0 Å². The summed E-state index contributed by atoms with van der Waals surface area (Å²) in [4.78, 5) is 2.17. The molecule has 1 N–H and O–H groups in total. The Balaban J connectivity index is 2.08. The van der Waals surface area contributed by atoms with Crippen molar-refractivity contribution in [2.75, 3.05) is 34.4 Å². The molecule has 0 spiro atoms. The summed E-state index contributed by atoms with van der Waals surface area (Å²) < 4.78 is 16.5. The SMILES string of the molecule is COc1cc([C@@H]2[C@@H]3CCCC[C@@]3(O)CCN2CC#N)cc(OC)c1OC. The molecule has 26 heavy (non-hydrogen) atoms. The predicted octanol–water partition coefficient (Wildman–Crippen LogP) is 2.90. The number of likely N-dealkylation sites (tertiary alicyclic amines) is 1. The Kier molecular flexibility index (Phi) is 5.59. The Bertz CT molecular complexity index is 662. The van der Waals surface area contributed by atoms with Crippen LogP contribution in [0.25, 0.3) is 0 Å². The number of benzene rings is 1. The number of hydrogen-bond donors (Lipinski definition) is 1. The molecule has 0 bridgehead atoms. The van der Waals surface area contributed by atoms with Crippen LogP contribution < -0.4 is 14.2 Å². The van der Waals surface area contributed by atoms with E-state index in [1.54, 1.807) is 21.3 Å². The summed E-state index contributed by atoms with van der Waals surface area (Å²) in [5.41, 5.74) is 0.342. The number of rotatable bonds is 5. The molecule has 0 amide bonds. The zero-order valence-corrected chi connectivity index (χ0v) is 15.8. The average Bonchev–Trinajstić information content (AvgIpc) is 2.66. The molecular weight excluding hydrogens is 332 g/mol. The van der Waals surface area contributed by atoms with Crippen molar-refractivity contribution in [3.05, 3.63) is 17.7 Å². The van der Waals surface area contributed by atoms with Gasteiger partial charge in [0.15, 0.2) is 11.5 Å². The van der Waals surface area contributed by atoms with Gasteiger partial charge in [0.25, 0.3) is 0 Å². The second-order valence-electron chi connectivity index (χ2n) is 7.24. The van der Waals surface area contributed by atoms with Gasteiger partial charge in [0.1, 0.15) is 0 Å². The maximum atomic E-state index is 11.3. The number of aliphatic hydroxyl groups is 1. The summed E-state index contributed by atoms with van der Waals surface area (Å²) in [6, 6.07) is 6.15. The Morgan fingerprint density at radius 2 is 1.85 bits per heavy atom. The number of nitrogens with zero attached hydrogens (tertiary/aromatic N) is 2. The van der Waals surface area contributed by atoms with Crippen molar-refractivity contribution in [3.8, 4) is 23.3 Å². The topological polar surface area (TPSA) is 75.0 Å². The van der Waals surface area contributed by atoms with Crippen LogP contribution in [-0.2, 0) is 0 Å². The van der Waals surface area contributed by atoms with Crippen molar-refractivity contribution >= 4 is 0 Å². The minimum Gasteiger partial charge on any atom is -0.493 e. The van der Waals surface area contributed by atoms with Gasteiger partial charge in [0, 0.05) is 18.5 Å². The standard InChI is InChI=1S/C20H28N2O4/c1-24-16-12-14(13-17(25-2)19(16)26-3)18-15-6-4-5-7-20(15,23)8-10-22(18)11-9-21/h12-13,15,18,23H,4-8,10-11H2,1-3H3/t15-,18+,20+/m0/s1. The molecule has 1 aromatic carbocycles. The van der Waals surface area contributed by atoms with Gasteiger partial charge < -0.3 is 19.3 Å². The first-order valence-corrected chi connectivity index (χ1v) is 9.21. The molecule has 1 aromatic rings. The molecule has 3 rings (SSSR count). The van der Waals surface area contributed by atoms with E-state index in [4.69, 9.17) is 14.2 Å². The second kappa shape index (κ2) is 7.73. The third-order valence-electron chi connectivity index (χ3n) is 5.97. The van der Waals surface area contributed by atoms with Crippen LogP contribution >= 0.6 is 0 Å². The molecule has 6 heteroatoms. The lowest BCUT2D eigenvalue weighted by Gasteiger charge is -2.52. The molecule has 1 heterocycles. The maximum absolute atomic E-state index is 11.3. The highest BCUT2D eigenvalue weighted by Crippen LogP contribution is 2.51. The van der Waals surface area contributed by atoms with Crippen molar-refractivity contribution < 1.29 is 19.3 Å². The van der Waals surface area contributed by atoms with Gasteiger partial charge in [0.2, 0.25) is 5.75 Å². The molecule has 3 atom stereocenters. The highest BCUT2D eigenvalue weighted by atomic mass is 16.5. The van der Waals surface area contributed by atoms with Crippen LogP contribution in [0.4, 0.5) is 0 Å². The van der Waals surface area contributed by atoms with E-state index < -0.39 is 5.60 Å². The van der Waals surface area contributed by atoms with Crippen molar-refractivity contribution in [1.29, 1.82) is 5.26 Å². The lowest BCUT2D eigenvalue weighted by atomic mass is 9.66. The van der Waals surface area contributed by atoms with Gasteiger partial charge in [-0.3, -0.25) is 4.90 Å². The summed E-state index contributed by atoms with van der Waals surface area (Å²) in [5, 5.41) is 20.6. The first kappa shape index (κ1) is 18.8. The molecule has 0 unspecified atom stereocenters. The molecule has 1 saturated heterocycles. The average molecular weight is 360 g/mol. The third kappa shape index (κ3) is 3.22. The summed E-state index contributed by atoms with van der Waals surface area (Å²) in [7, 11) is 4.79. The Hall–Kier alpha value is -1.97. The largest absolute Gasteiger partial charge is 0.493 e. The van der Waals surface area contributed by atoms with Crippen LogP contribution in [-0.4, -0.2) is 50.0 Å². The third-order valence-corrected chi connectivity index (χ3v) is 5.97. The Labute approximate surface area is 155 Å². The molecule has 142 valence electrons. The van der Waals surface area contributed by atoms with Crippen molar-refractivity contribution in [2.24, 2.45) is 5.92 Å². The van der Waals surface area contributed by atoms with Crippen LogP contribution in [0, 0.1) is 17.2 Å². The lowest BCUT2D eigenvalue weighted by molar-refractivity contribution is -0.121. The van der Waals surface area contributed by atoms with E-state index in [0.717, 1.165) is 37.7 Å². The van der Waals surface area contributed by atoms with Crippen LogP contribution in [0.3, 0.4) is 0 Å². The Morgan fingerprint density at radius 1 is 1.15 bits per heavy atom. The van der Waals surface area contributed by atoms with Crippen LogP contribution in [0.2, 0.25) is 0 Å². The fourth-order valence-corrected chi connectivity index (χ4v) is 4.73. The highest BCUT2D eigenvalue weighted by Gasteiger charge is 2.49. The van der Waals surface area contributed by atoms with Crippen LogP contribution in [0.15, 0.2) is 12.1 Å². The quantitative estimate of drug-likeness (QED) is 0.814. The molecule has 1 aliphatic carbocycles. The van der Waals surface area contributed by atoms with E-state index in [-0.39, 0.29) is 12.0 Å². The van der Waals surface area contributed by atoms with Crippen LogP contribution in [0.5, 0.6) is 17.2 Å². The van der Waals surface area contributed by atoms with Crippen LogP contribution in [0.1, 0.15) is 43.7 Å². The first-order valence-electron chi connectivity index (χ1n) is 9.21. The van der Waals surface area contributed by atoms with Gasteiger partial charge in [-0.2, -0.15) is 5.26 Å². The molecule has 1 saturated carbocycles. The number of fused-ring (bicyclic) bond motifs is 1. The van der Waals surface area contributed by atoms with E-state index in [1.165, 1.54) is 0 Å². The van der Waals surface area contributed by atoms with E-state index in [9.17, 15) is 10.4 Å². The minimum absolute atomic E-state index is 0.0394. The summed E-state index contributed by atoms with van der Waals surface area (Å²) in [6.45, 7) is 1.05. The lowest BCUT2D eigenvalue weighted by Crippen LogP contribution is -2.54. The number of piperidine rings is 1. The number of methoxy groups -OCH3 is 3. The van der Waals surface area contributed by atoms with Gasteiger partial charge in [-0.15, -0.1) is 0 Å². The molecule has 6 nitrogen and oxygen atoms in total. The van der Waals surface area contributed by atoms with Gasteiger partial charge in [0.05, 0.1) is 39.5 Å². The minimum atomic E-state index is -0.657. The molecule has 1 aliphatic heterocycles. The zero-order chi connectivity index (χ0) is 18.7. The molecule has 2 aliphatic rings. The highest BCUT2D eigenvalue weighted by molar-refractivity contribution is 5.54. The second-order valence-corrected chi connectivity index (χ2v) is 7.24. The van der Waals surface area contributed by atoms with Gasteiger partial charge in [-0.05, 0) is 37.0 Å². The van der Waals surface area contributed by atoms with Gasteiger partial charge in [-0.1, -0.05) is 12.8 Å². The van der Waals surface area contributed by atoms with Crippen molar-refractivity contribution in [2.45, 2.75) is 43.7 Å². The van der Waals surface area contributed by atoms with Crippen molar-refractivity contribution in [3.63, 3.8) is 0 Å². The summed E-state index contributed by atoms with van der Waals surface area (Å²) in [5.74, 6) is 1.86. The molecule has 0 aromatic heterocycles. The maximum Gasteiger partial charge on any atom is 0.203 e. The number of nitriles is 1.